The molecule has 0 spiro atoms. The number of benzene rings is 2. The molecule has 0 heterocycles. The normalized spacial score (nSPS) is 10.4. The Kier molecular flexibility index (Phi) is 7.29. The van der Waals surface area contributed by atoms with Gasteiger partial charge in [0, 0.05) is 24.5 Å². The van der Waals surface area contributed by atoms with Crippen molar-refractivity contribution >= 4 is 35.0 Å². The number of halogens is 2. The molecule has 0 unspecified atom stereocenters. The average molecular weight is 379 g/mol. The van der Waals surface area contributed by atoms with Crippen molar-refractivity contribution in [3.05, 3.63) is 69.2 Å². The van der Waals surface area contributed by atoms with Gasteiger partial charge in [-0.15, -0.1) is 0 Å². The summed E-state index contributed by atoms with van der Waals surface area (Å²) in [6, 6.07) is 12.8. The van der Waals surface area contributed by atoms with Crippen molar-refractivity contribution in [1.29, 1.82) is 0 Å². The van der Waals surface area contributed by atoms with Crippen LogP contribution in [0.1, 0.15) is 27.9 Å². The summed E-state index contributed by atoms with van der Waals surface area (Å²) in [4.78, 5) is 23.8. The lowest BCUT2D eigenvalue weighted by Crippen LogP contribution is -2.34. The second-order valence-corrected chi connectivity index (χ2v) is 6.56. The summed E-state index contributed by atoms with van der Waals surface area (Å²) in [5.41, 5.74) is 2.69. The van der Waals surface area contributed by atoms with Crippen LogP contribution in [0.3, 0.4) is 0 Å². The highest BCUT2D eigenvalue weighted by molar-refractivity contribution is 6.36. The first-order chi connectivity index (χ1) is 12.0. The molecule has 0 aromatic heterocycles. The summed E-state index contributed by atoms with van der Waals surface area (Å²) < 4.78 is 0. The van der Waals surface area contributed by atoms with Crippen molar-refractivity contribution in [2.24, 2.45) is 0 Å². The first-order valence-electron chi connectivity index (χ1n) is 8.01. The van der Waals surface area contributed by atoms with Crippen molar-refractivity contribution in [2.45, 2.75) is 19.8 Å². The number of hydrogen-bond donors (Lipinski definition) is 2. The third-order valence-electron chi connectivity index (χ3n) is 3.67. The Bertz CT molecular complexity index is 746. The van der Waals surface area contributed by atoms with E-state index in [0.29, 0.717) is 41.5 Å². The van der Waals surface area contributed by atoms with Crippen molar-refractivity contribution in [2.75, 3.05) is 13.1 Å². The van der Waals surface area contributed by atoms with Gasteiger partial charge in [0.25, 0.3) is 5.91 Å². The molecule has 2 N–H and O–H groups in total. The van der Waals surface area contributed by atoms with Gasteiger partial charge in [0.2, 0.25) is 5.91 Å². The van der Waals surface area contributed by atoms with Gasteiger partial charge in [-0.2, -0.15) is 0 Å². The van der Waals surface area contributed by atoms with Gasteiger partial charge in [-0.25, -0.2) is 0 Å². The van der Waals surface area contributed by atoms with Gasteiger partial charge in [0.05, 0.1) is 10.6 Å². The average Bonchev–Trinajstić information content (AvgIpc) is 2.58. The van der Waals surface area contributed by atoms with Gasteiger partial charge in [0.1, 0.15) is 0 Å². The lowest BCUT2D eigenvalue weighted by Gasteiger charge is -2.08. The third-order valence-corrected chi connectivity index (χ3v) is 4.22. The summed E-state index contributed by atoms with van der Waals surface area (Å²) >= 11 is 11.8. The van der Waals surface area contributed by atoms with Crippen LogP contribution in [-0.2, 0) is 11.2 Å². The molecule has 0 fully saturated rings. The highest BCUT2D eigenvalue weighted by Crippen LogP contribution is 2.20. The minimum absolute atomic E-state index is 0.0423. The van der Waals surface area contributed by atoms with Gasteiger partial charge in [-0.3, -0.25) is 9.59 Å². The molecule has 6 heteroatoms. The van der Waals surface area contributed by atoms with Crippen LogP contribution < -0.4 is 10.6 Å². The number of hydrogen-bond acceptors (Lipinski definition) is 2. The summed E-state index contributed by atoms with van der Waals surface area (Å²) in [6.07, 6.45) is 1.11. The van der Waals surface area contributed by atoms with E-state index in [1.165, 1.54) is 11.6 Å². The first-order valence-corrected chi connectivity index (χ1v) is 8.77. The molecule has 0 aliphatic heterocycles. The van der Waals surface area contributed by atoms with E-state index in [2.05, 4.69) is 10.6 Å². The minimum atomic E-state index is -0.296. The predicted molar refractivity (Wildman–Crippen MR) is 101 cm³/mol. The quantitative estimate of drug-likeness (QED) is 0.720. The molecule has 2 rings (SSSR count). The second-order valence-electron chi connectivity index (χ2n) is 5.72. The fourth-order valence-electron chi connectivity index (χ4n) is 2.25. The Hall–Kier alpha value is -2.04. The maximum atomic E-state index is 12.0. The predicted octanol–water partition coefficient (Wildman–Crippen LogP) is 3.78. The summed E-state index contributed by atoms with van der Waals surface area (Å²) in [7, 11) is 0. The Morgan fingerprint density at radius 3 is 2.32 bits per heavy atom. The largest absolute Gasteiger partial charge is 0.354 e. The van der Waals surface area contributed by atoms with E-state index < -0.39 is 0 Å². The van der Waals surface area contributed by atoms with Crippen LogP contribution in [-0.4, -0.2) is 24.9 Å². The van der Waals surface area contributed by atoms with Crippen LogP contribution in [0, 0.1) is 6.92 Å². The van der Waals surface area contributed by atoms with Crippen LogP contribution in [0.5, 0.6) is 0 Å². The zero-order valence-electron chi connectivity index (χ0n) is 13.9. The summed E-state index contributed by atoms with van der Waals surface area (Å²) in [5, 5.41) is 6.27. The van der Waals surface area contributed by atoms with Crippen molar-refractivity contribution in [3.63, 3.8) is 0 Å². The number of carbonyl (C=O) groups excluding carboxylic acids is 2. The van der Waals surface area contributed by atoms with Crippen molar-refractivity contribution in [3.8, 4) is 0 Å². The lowest BCUT2D eigenvalue weighted by molar-refractivity contribution is -0.121. The highest BCUT2D eigenvalue weighted by Gasteiger charge is 2.10. The Morgan fingerprint density at radius 1 is 0.960 bits per heavy atom. The van der Waals surface area contributed by atoms with E-state index in [-0.39, 0.29) is 11.8 Å². The topological polar surface area (TPSA) is 58.2 Å². The smallest absolute Gasteiger partial charge is 0.252 e. The maximum absolute atomic E-state index is 12.0. The Balaban J connectivity index is 1.67. The standard InChI is InChI=1S/C19H20Cl2N2O2/c1-13-2-4-14(5-3-13)6-9-18(24)22-10-11-23-19(25)16-8-7-15(20)12-17(16)21/h2-5,7-8,12H,6,9-11H2,1H3,(H,22,24)(H,23,25). The van der Waals surface area contributed by atoms with E-state index in [0.717, 1.165) is 5.56 Å². The number of carbonyl (C=O) groups is 2. The molecular weight excluding hydrogens is 359 g/mol. The number of nitrogens with one attached hydrogen (secondary N) is 2. The fourth-order valence-corrected chi connectivity index (χ4v) is 2.74. The summed E-state index contributed by atoms with van der Waals surface area (Å²) in [5.74, 6) is -0.338. The molecule has 2 aromatic rings. The molecule has 0 atom stereocenters. The van der Waals surface area contributed by atoms with Crippen LogP contribution in [0.4, 0.5) is 0 Å². The molecule has 132 valence electrons. The molecule has 0 saturated carbocycles. The molecule has 4 nitrogen and oxygen atoms in total. The van der Waals surface area contributed by atoms with Crippen molar-refractivity contribution < 1.29 is 9.59 Å². The first kappa shape index (κ1) is 19.3. The molecule has 0 radical (unpaired) electrons. The van der Waals surface area contributed by atoms with E-state index in [9.17, 15) is 9.59 Å². The maximum Gasteiger partial charge on any atom is 0.252 e. The summed E-state index contributed by atoms with van der Waals surface area (Å²) in [6.45, 7) is 2.72. The van der Waals surface area contributed by atoms with Gasteiger partial charge in [-0.05, 0) is 37.1 Å². The Labute approximate surface area is 157 Å². The fraction of sp³-hybridized carbons (Fsp3) is 0.263. The zero-order chi connectivity index (χ0) is 18.2. The molecule has 25 heavy (non-hydrogen) atoms. The molecule has 2 aromatic carbocycles. The Morgan fingerprint density at radius 2 is 1.64 bits per heavy atom. The van der Waals surface area contributed by atoms with E-state index in [1.807, 2.05) is 31.2 Å². The zero-order valence-corrected chi connectivity index (χ0v) is 15.5. The van der Waals surface area contributed by atoms with Gasteiger partial charge >= 0.3 is 0 Å². The lowest BCUT2D eigenvalue weighted by atomic mass is 10.1. The van der Waals surface area contributed by atoms with E-state index in [4.69, 9.17) is 23.2 Å². The molecular formula is C19H20Cl2N2O2. The molecule has 0 aliphatic rings. The molecule has 0 saturated heterocycles. The second kappa shape index (κ2) is 9.44. The number of rotatable bonds is 7. The molecule has 0 bridgehead atoms. The van der Waals surface area contributed by atoms with E-state index >= 15 is 0 Å². The van der Waals surface area contributed by atoms with Crippen LogP contribution in [0.15, 0.2) is 42.5 Å². The van der Waals surface area contributed by atoms with Crippen LogP contribution in [0.25, 0.3) is 0 Å². The van der Waals surface area contributed by atoms with Crippen LogP contribution in [0.2, 0.25) is 10.0 Å². The van der Waals surface area contributed by atoms with Crippen molar-refractivity contribution in [1.82, 2.24) is 10.6 Å². The van der Waals surface area contributed by atoms with Gasteiger partial charge < -0.3 is 10.6 Å². The SMILES string of the molecule is Cc1ccc(CCC(=O)NCCNC(=O)c2ccc(Cl)cc2Cl)cc1. The third kappa shape index (κ3) is 6.40. The number of aryl methyl sites for hydroxylation is 2. The minimum Gasteiger partial charge on any atom is -0.354 e. The van der Waals surface area contributed by atoms with Gasteiger partial charge in [-0.1, -0.05) is 53.0 Å². The monoisotopic (exact) mass is 378 g/mol. The number of amides is 2. The molecule has 0 aliphatic carbocycles. The highest BCUT2D eigenvalue weighted by atomic mass is 35.5. The van der Waals surface area contributed by atoms with E-state index in [1.54, 1.807) is 12.1 Å². The molecule has 2 amide bonds. The van der Waals surface area contributed by atoms with Crippen LogP contribution >= 0.6 is 23.2 Å². The van der Waals surface area contributed by atoms with Gasteiger partial charge in [0.15, 0.2) is 0 Å².